The maximum absolute atomic E-state index is 13.7. The highest BCUT2D eigenvalue weighted by molar-refractivity contribution is 5.37. The van der Waals surface area contributed by atoms with E-state index in [2.05, 4.69) is 5.32 Å². The van der Waals surface area contributed by atoms with E-state index < -0.39 is 16.4 Å². The molecule has 0 aromatic heterocycles. The van der Waals surface area contributed by atoms with Crippen LogP contribution in [0.2, 0.25) is 0 Å². The van der Waals surface area contributed by atoms with Gasteiger partial charge in [-0.3, -0.25) is 10.1 Å². The van der Waals surface area contributed by atoms with Crippen molar-refractivity contribution in [2.45, 2.75) is 25.3 Å². The molecule has 0 amide bonds. The fourth-order valence-electron chi connectivity index (χ4n) is 2.06. The van der Waals surface area contributed by atoms with Crippen LogP contribution >= 0.6 is 0 Å². The Morgan fingerprint density at radius 1 is 1.56 bits per heavy atom. The molecule has 1 fully saturated rings. The van der Waals surface area contributed by atoms with E-state index in [-0.39, 0.29) is 6.04 Å². The molecule has 5 heteroatoms. The smallest absolute Gasteiger partial charge is 0.305 e. The van der Waals surface area contributed by atoms with Crippen molar-refractivity contribution in [3.05, 3.63) is 39.7 Å². The summed E-state index contributed by atoms with van der Waals surface area (Å²) in [5.74, 6) is -0.693. The Kier molecular flexibility index (Phi) is 3.14. The lowest BCUT2D eigenvalue weighted by molar-refractivity contribution is -0.387. The monoisotopic (exact) mass is 224 g/mol. The molecule has 0 aliphatic carbocycles. The van der Waals surface area contributed by atoms with E-state index in [9.17, 15) is 14.5 Å². The van der Waals surface area contributed by atoms with Crippen molar-refractivity contribution in [3.8, 4) is 0 Å². The standard InChI is InChI=1S/C11H13FN2O2/c12-11-8(7-9-4-2-6-13-9)3-1-5-10(11)14(15)16/h1,3,5,9,13H,2,4,6-7H2. The van der Waals surface area contributed by atoms with E-state index in [1.54, 1.807) is 6.07 Å². The van der Waals surface area contributed by atoms with Crippen LogP contribution in [0.3, 0.4) is 0 Å². The summed E-state index contributed by atoms with van der Waals surface area (Å²) in [5.41, 5.74) is -0.0101. The average molecular weight is 224 g/mol. The Hall–Kier alpha value is -1.49. The lowest BCUT2D eigenvalue weighted by atomic mass is 10.0. The van der Waals surface area contributed by atoms with E-state index >= 15 is 0 Å². The van der Waals surface area contributed by atoms with Gasteiger partial charge in [-0.15, -0.1) is 0 Å². The molecule has 1 unspecified atom stereocenters. The molecule has 16 heavy (non-hydrogen) atoms. The largest absolute Gasteiger partial charge is 0.314 e. The number of hydrogen-bond acceptors (Lipinski definition) is 3. The molecule has 4 nitrogen and oxygen atoms in total. The van der Waals surface area contributed by atoms with Gasteiger partial charge in [-0.2, -0.15) is 4.39 Å². The third-order valence-electron chi connectivity index (χ3n) is 2.88. The Balaban J connectivity index is 2.20. The number of nitro benzene ring substituents is 1. The second-order valence-electron chi connectivity index (χ2n) is 4.00. The molecule has 2 rings (SSSR count). The third-order valence-corrected chi connectivity index (χ3v) is 2.88. The Morgan fingerprint density at radius 3 is 3.00 bits per heavy atom. The summed E-state index contributed by atoms with van der Waals surface area (Å²) >= 11 is 0. The van der Waals surface area contributed by atoms with Crippen LogP contribution in [0.4, 0.5) is 10.1 Å². The van der Waals surface area contributed by atoms with Gasteiger partial charge < -0.3 is 5.32 Å². The van der Waals surface area contributed by atoms with Gasteiger partial charge in [0.05, 0.1) is 4.92 Å². The lowest BCUT2D eigenvalue weighted by Crippen LogP contribution is -2.24. The molecule has 0 saturated carbocycles. The Bertz CT molecular complexity index is 403. The maximum atomic E-state index is 13.7. The summed E-state index contributed by atoms with van der Waals surface area (Å²) in [6.45, 7) is 0.946. The molecule has 1 aliphatic rings. The first kappa shape index (κ1) is 11.0. The normalized spacial score (nSPS) is 19.9. The zero-order valence-corrected chi connectivity index (χ0v) is 8.78. The van der Waals surface area contributed by atoms with Gasteiger partial charge in [0.25, 0.3) is 0 Å². The third kappa shape index (κ3) is 2.19. The summed E-state index contributed by atoms with van der Waals surface area (Å²) in [7, 11) is 0. The molecule has 1 atom stereocenters. The van der Waals surface area contributed by atoms with Crippen LogP contribution < -0.4 is 5.32 Å². The van der Waals surface area contributed by atoms with Crippen molar-refractivity contribution < 1.29 is 9.31 Å². The van der Waals surface area contributed by atoms with Gasteiger partial charge in [0.2, 0.25) is 5.82 Å². The van der Waals surface area contributed by atoms with Crippen molar-refractivity contribution in [3.63, 3.8) is 0 Å². The van der Waals surface area contributed by atoms with Gasteiger partial charge in [0.1, 0.15) is 0 Å². The predicted octanol–water partition coefficient (Wildman–Crippen LogP) is 2.03. The molecule has 0 bridgehead atoms. The first-order valence-corrected chi connectivity index (χ1v) is 5.33. The van der Waals surface area contributed by atoms with Gasteiger partial charge in [0, 0.05) is 12.1 Å². The number of benzene rings is 1. The van der Waals surface area contributed by atoms with Gasteiger partial charge in [0.15, 0.2) is 0 Å². The fraction of sp³-hybridized carbons (Fsp3) is 0.455. The number of nitro groups is 1. The first-order chi connectivity index (χ1) is 7.68. The number of rotatable bonds is 3. The van der Waals surface area contributed by atoms with Crippen LogP contribution in [0.25, 0.3) is 0 Å². The van der Waals surface area contributed by atoms with Crippen molar-refractivity contribution in [2.75, 3.05) is 6.54 Å². The Labute approximate surface area is 92.6 Å². The highest BCUT2D eigenvalue weighted by Gasteiger charge is 2.21. The number of hydrogen-bond donors (Lipinski definition) is 1. The molecule has 1 aliphatic heterocycles. The van der Waals surface area contributed by atoms with Crippen molar-refractivity contribution in [2.24, 2.45) is 0 Å². The molecule has 1 heterocycles. The van der Waals surface area contributed by atoms with Gasteiger partial charge >= 0.3 is 5.69 Å². The Morgan fingerprint density at radius 2 is 2.38 bits per heavy atom. The van der Waals surface area contributed by atoms with Crippen LogP contribution in [-0.2, 0) is 6.42 Å². The van der Waals surface area contributed by atoms with Crippen molar-refractivity contribution in [1.82, 2.24) is 5.32 Å². The first-order valence-electron chi connectivity index (χ1n) is 5.33. The van der Waals surface area contributed by atoms with E-state index in [0.717, 1.165) is 19.4 Å². The van der Waals surface area contributed by atoms with E-state index in [4.69, 9.17) is 0 Å². The molecule has 1 aromatic rings. The zero-order chi connectivity index (χ0) is 11.5. The van der Waals surface area contributed by atoms with E-state index in [0.29, 0.717) is 12.0 Å². The molecule has 0 radical (unpaired) electrons. The van der Waals surface area contributed by atoms with Crippen molar-refractivity contribution >= 4 is 5.69 Å². The highest BCUT2D eigenvalue weighted by Crippen LogP contribution is 2.22. The summed E-state index contributed by atoms with van der Waals surface area (Å²) in [4.78, 5) is 9.88. The molecule has 1 aromatic carbocycles. The van der Waals surface area contributed by atoms with Crippen molar-refractivity contribution in [1.29, 1.82) is 0 Å². The predicted molar refractivity (Wildman–Crippen MR) is 57.8 cm³/mol. The minimum Gasteiger partial charge on any atom is -0.314 e. The molecule has 0 spiro atoms. The van der Waals surface area contributed by atoms with Crippen LogP contribution in [0.5, 0.6) is 0 Å². The van der Waals surface area contributed by atoms with Crippen LogP contribution in [0, 0.1) is 15.9 Å². The summed E-state index contributed by atoms with van der Waals surface area (Å²) in [6.07, 6.45) is 2.61. The molecule has 86 valence electrons. The highest BCUT2D eigenvalue weighted by atomic mass is 19.1. The van der Waals surface area contributed by atoms with E-state index in [1.807, 2.05) is 0 Å². The number of nitrogens with zero attached hydrogens (tertiary/aromatic N) is 1. The second-order valence-corrected chi connectivity index (χ2v) is 4.00. The molecular weight excluding hydrogens is 211 g/mol. The van der Waals surface area contributed by atoms with Crippen LogP contribution in [0.1, 0.15) is 18.4 Å². The van der Waals surface area contributed by atoms with Gasteiger partial charge in [-0.25, -0.2) is 0 Å². The SMILES string of the molecule is O=[N+]([O-])c1cccc(CC2CCCN2)c1F. The quantitative estimate of drug-likeness (QED) is 0.631. The van der Waals surface area contributed by atoms with Gasteiger partial charge in [-0.1, -0.05) is 12.1 Å². The molecular formula is C11H13FN2O2. The summed E-state index contributed by atoms with van der Waals surface area (Å²) < 4.78 is 13.7. The topological polar surface area (TPSA) is 55.2 Å². The fourth-order valence-corrected chi connectivity index (χ4v) is 2.06. The van der Waals surface area contributed by atoms with Crippen LogP contribution in [-0.4, -0.2) is 17.5 Å². The maximum Gasteiger partial charge on any atom is 0.305 e. The second kappa shape index (κ2) is 4.57. The van der Waals surface area contributed by atoms with E-state index in [1.165, 1.54) is 12.1 Å². The minimum atomic E-state index is -0.693. The lowest BCUT2D eigenvalue weighted by Gasteiger charge is -2.10. The average Bonchev–Trinajstić information content (AvgIpc) is 2.73. The summed E-state index contributed by atoms with van der Waals surface area (Å²) in [6, 6.07) is 4.59. The summed E-state index contributed by atoms with van der Waals surface area (Å²) in [5, 5.41) is 13.8. The van der Waals surface area contributed by atoms with Crippen LogP contribution in [0.15, 0.2) is 18.2 Å². The number of nitrogens with one attached hydrogen (secondary N) is 1. The molecule has 1 N–H and O–H groups in total. The molecule has 1 saturated heterocycles. The minimum absolute atomic E-state index is 0.247. The zero-order valence-electron chi connectivity index (χ0n) is 8.78. The van der Waals surface area contributed by atoms with Gasteiger partial charge in [-0.05, 0) is 31.4 Å². The number of halogens is 1.